The second-order valence-electron chi connectivity index (χ2n) is 5.09. The molecule has 1 fully saturated rings. The highest BCUT2D eigenvalue weighted by molar-refractivity contribution is 5.94. The van der Waals surface area contributed by atoms with Gasteiger partial charge in [0.05, 0.1) is 0 Å². The van der Waals surface area contributed by atoms with Gasteiger partial charge in [-0.15, -0.1) is 0 Å². The predicted octanol–water partition coefficient (Wildman–Crippen LogP) is 3.03. The smallest absolute Gasteiger partial charge is 0.240 e. The molecule has 17 heavy (non-hydrogen) atoms. The summed E-state index contributed by atoms with van der Waals surface area (Å²) < 4.78 is 0. The molecule has 1 saturated carbocycles. The zero-order chi connectivity index (χ0) is 12.1. The molecule has 0 aromatic heterocycles. The van der Waals surface area contributed by atoms with Gasteiger partial charge in [-0.05, 0) is 25.2 Å². The number of unbranched alkanes of at least 4 members (excludes halogenated alkanes) is 3. The van der Waals surface area contributed by atoms with E-state index in [4.69, 9.17) is 0 Å². The van der Waals surface area contributed by atoms with E-state index in [1.807, 2.05) is 0 Å². The van der Waals surface area contributed by atoms with Crippen molar-refractivity contribution >= 4 is 11.6 Å². The number of rotatable bonds is 6. The van der Waals surface area contributed by atoms with Crippen molar-refractivity contribution in [3.8, 4) is 0 Å². The van der Waals surface area contributed by atoms with Gasteiger partial charge in [0.2, 0.25) is 5.91 Å². The van der Waals surface area contributed by atoms with E-state index < -0.39 is 0 Å². The first kappa shape index (κ1) is 12.3. The molecule has 2 atom stereocenters. The molecule has 2 aliphatic rings. The summed E-state index contributed by atoms with van der Waals surface area (Å²) in [5.41, 5.74) is 3.88. The van der Waals surface area contributed by atoms with Gasteiger partial charge < -0.3 is 0 Å². The fourth-order valence-electron chi connectivity index (χ4n) is 2.57. The van der Waals surface area contributed by atoms with Crippen molar-refractivity contribution < 1.29 is 4.79 Å². The van der Waals surface area contributed by atoms with E-state index in [2.05, 4.69) is 29.6 Å². The fourth-order valence-corrected chi connectivity index (χ4v) is 2.57. The summed E-state index contributed by atoms with van der Waals surface area (Å²) in [6.45, 7) is 2.18. The molecular formula is C14H22N2O. The van der Waals surface area contributed by atoms with Crippen LogP contribution in [0.5, 0.6) is 0 Å². The van der Waals surface area contributed by atoms with Crippen molar-refractivity contribution in [2.24, 2.45) is 16.9 Å². The summed E-state index contributed by atoms with van der Waals surface area (Å²) in [7, 11) is 0. The van der Waals surface area contributed by atoms with Crippen LogP contribution in [0.2, 0.25) is 0 Å². The molecule has 0 heterocycles. The van der Waals surface area contributed by atoms with E-state index in [0.29, 0.717) is 18.3 Å². The van der Waals surface area contributed by atoms with Crippen LogP contribution in [0.4, 0.5) is 0 Å². The molecule has 2 rings (SSSR count). The summed E-state index contributed by atoms with van der Waals surface area (Å²) in [5.74, 6) is 1.37. The first-order valence-corrected chi connectivity index (χ1v) is 6.83. The first-order chi connectivity index (χ1) is 8.31. The third kappa shape index (κ3) is 3.18. The molecule has 0 aromatic carbocycles. The molecule has 3 heteroatoms. The molecule has 2 aliphatic carbocycles. The molecule has 94 valence electrons. The number of allylic oxidation sites excluding steroid dienone is 2. The van der Waals surface area contributed by atoms with Crippen LogP contribution in [0.1, 0.15) is 51.9 Å². The maximum Gasteiger partial charge on any atom is 0.240 e. The number of nitrogens with zero attached hydrogens (tertiary/aromatic N) is 1. The highest BCUT2D eigenvalue weighted by Crippen LogP contribution is 2.39. The minimum Gasteiger partial charge on any atom is -0.273 e. The summed E-state index contributed by atoms with van der Waals surface area (Å²) in [6.07, 6.45) is 11.8. The summed E-state index contributed by atoms with van der Waals surface area (Å²) in [6, 6.07) is 0. The maximum atomic E-state index is 11.5. The second-order valence-corrected chi connectivity index (χ2v) is 5.09. The van der Waals surface area contributed by atoms with Crippen LogP contribution in [0.3, 0.4) is 0 Å². The van der Waals surface area contributed by atoms with Gasteiger partial charge in [0.1, 0.15) is 0 Å². The van der Waals surface area contributed by atoms with Crippen LogP contribution >= 0.6 is 0 Å². The van der Waals surface area contributed by atoms with Crippen molar-refractivity contribution in [2.45, 2.75) is 51.9 Å². The topological polar surface area (TPSA) is 41.5 Å². The van der Waals surface area contributed by atoms with Gasteiger partial charge in [0, 0.05) is 18.1 Å². The number of carbonyl (C=O) groups is 1. The molecule has 0 radical (unpaired) electrons. The Labute approximate surface area is 103 Å². The lowest BCUT2D eigenvalue weighted by molar-refractivity contribution is -0.121. The van der Waals surface area contributed by atoms with E-state index in [-0.39, 0.29) is 5.91 Å². The monoisotopic (exact) mass is 234 g/mol. The fraction of sp³-hybridized carbons (Fsp3) is 0.714. The Hall–Kier alpha value is -1.12. The first-order valence-electron chi connectivity index (χ1n) is 6.83. The van der Waals surface area contributed by atoms with Crippen LogP contribution in [0, 0.1) is 11.8 Å². The lowest BCUT2D eigenvalue weighted by Gasteiger charge is -2.31. The molecule has 0 bridgehead atoms. The quantitative estimate of drug-likeness (QED) is 0.428. The number of carbonyl (C=O) groups excluding carboxylic acids is 1. The van der Waals surface area contributed by atoms with Gasteiger partial charge in [-0.25, -0.2) is 5.43 Å². The van der Waals surface area contributed by atoms with Crippen LogP contribution in [0.15, 0.2) is 17.3 Å². The van der Waals surface area contributed by atoms with Crippen molar-refractivity contribution in [2.75, 3.05) is 0 Å². The SMILES string of the molecule is CCCCCCC(=O)NN=C1CC2C=CCC12. The Morgan fingerprint density at radius 1 is 1.47 bits per heavy atom. The Morgan fingerprint density at radius 3 is 3.12 bits per heavy atom. The molecule has 1 amide bonds. The van der Waals surface area contributed by atoms with Gasteiger partial charge in [-0.2, -0.15) is 5.10 Å². The van der Waals surface area contributed by atoms with E-state index in [1.54, 1.807) is 0 Å². The molecule has 0 spiro atoms. The molecule has 2 unspecified atom stereocenters. The predicted molar refractivity (Wildman–Crippen MR) is 69.7 cm³/mol. The van der Waals surface area contributed by atoms with Crippen LogP contribution < -0.4 is 5.43 Å². The minimum absolute atomic E-state index is 0.0722. The third-order valence-electron chi connectivity index (χ3n) is 3.74. The van der Waals surface area contributed by atoms with Crippen molar-refractivity contribution in [3.05, 3.63) is 12.2 Å². The minimum atomic E-state index is 0.0722. The van der Waals surface area contributed by atoms with Gasteiger partial charge in [0.15, 0.2) is 0 Å². The van der Waals surface area contributed by atoms with Gasteiger partial charge >= 0.3 is 0 Å². The zero-order valence-corrected chi connectivity index (χ0v) is 10.6. The van der Waals surface area contributed by atoms with Crippen molar-refractivity contribution in [1.29, 1.82) is 0 Å². The molecule has 0 aliphatic heterocycles. The van der Waals surface area contributed by atoms with Crippen LogP contribution in [0.25, 0.3) is 0 Å². The Bertz CT molecular complexity index is 333. The van der Waals surface area contributed by atoms with E-state index in [9.17, 15) is 4.79 Å². The van der Waals surface area contributed by atoms with E-state index in [1.165, 1.54) is 18.6 Å². The largest absolute Gasteiger partial charge is 0.273 e. The highest BCUT2D eigenvalue weighted by atomic mass is 16.2. The van der Waals surface area contributed by atoms with Crippen LogP contribution in [-0.4, -0.2) is 11.6 Å². The Kier molecular flexibility index (Phi) is 4.35. The third-order valence-corrected chi connectivity index (χ3v) is 3.74. The Morgan fingerprint density at radius 2 is 2.35 bits per heavy atom. The van der Waals surface area contributed by atoms with Crippen LogP contribution in [-0.2, 0) is 4.79 Å². The molecular weight excluding hydrogens is 212 g/mol. The summed E-state index contributed by atoms with van der Waals surface area (Å²) in [5, 5.41) is 4.25. The van der Waals surface area contributed by atoms with Crippen molar-refractivity contribution in [1.82, 2.24) is 5.43 Å². The second kappa shape index (κ2) is 5.99. The molecule has 1 N–H and O–H groups in total. The molecule has 3 nitrogen and oxygen atoms in total. The van der Waals surface area contributed by atoms with Gasteiger partial charge in [-0.3, -0.25) is 4.79 Å². The molecule has 0 saturated heterocycles. The standard InChI is InChI=1S/C14H22N2O/c1-2-3-4-5-9-14(17)16-15-13-10-11-7-6-8-12(11)13/h6-7,11-12H,2-5,8-10H2,1H3,(H,16,17). The number of nitrogens with one attached hydrogen (secondary N) is 1. The van der Waals surface area contributed by atoms with E-state index >= 15 is 0 Å². The number of hydrogen-bond donors (Lipinski definition) is 1. The Balaban J connectivity index is 1.61. The number of fused-ring (bicyclic) bond motifs is 1. The average molecular weight is 234 g/mol. The summed E-state index contributed by atoms with van der Waals surface area (Å²) >= 11 is 0. The zero-order valence-electron chi connectivity index (χ0n) is 10.6. The number of hydrazone groups is 1. The highest BCUT2D eigenvalue weighted by Gasteiger charge is 2.37. The summed E-state index contributed by atoms with van der Waals surface area (Å²) in [4.78, 5) is 11.5. The lowest BCUT2D eigenvalue weighted by atomic mass is 9.74. The van der Waals surface area contributed by atoms with E-state index in [0.717, 1.165) is 25.7 Å². The van der Waals surface area contributed by atoms with Gasteiger partial charge in [0.25, 0.3) is 0 Å². The van der Waals surface area contributed by atoms with Gasteiger partial charge in [-0.1, -0.05) is 38.3 Å². The maximum absolute atomic E-state index is 11.5. The average Bonchev–Trinajstić information content (AvgIpc) is 2.67. The normalized spacial score (nSPS) is 27.9. The number of amides is 1. The lowest BCUT2D eigenvalue weighted by Crippen LogP contribution is -2.35. The van der Waals surface area contributed by atoms with Crippen molar-refractivity contribution in [3.63, 3.8) is 0 Å². The number of hydrogen-bond acceptors (Lipinski definition) is 2. The molecule has 0 aromatic rings.